The molecule has 276 valence electrons. The first-order valence-electron chi connectivity index (χ1n) is 19.3. The van der Waals surface area contributed by atoms with Crippen LogP contribution in [0.15, 0.2) is 36.5 Å². The number of amides is 1. The third-order valence-corrected chi connectivity index (χ3v) is 9.48. The van der Waals surface area contributed by atoms with Crippen molar-refractivity contribution in [1.29, 1.82) is 0 Å². The Balaban J connectivity index is 4.06. The van der Waals surface area contributed by atoms with Gasteiger partial charge in [0, 0.05) is 0 Å². The van der Waals surface area contributed by atoms with Gasteiger partial charge in [0.2, 0.25) is 5.91 Å². The quantitative estimate of drug-likeness (QED) is 0.0232. The molecule has 0 aromatic carbocycles. The average molecular weight is 684 g/mol. The molecule has 0 rings (SSSR count). The number of unbranched alkanes of at least 4 members (excludes halogenated alkanes) is 22. The molecule has 4 N–H and O–H groups in total. The average Bonchev–Trinajstić information content (AvgIpc) is 3.03. The highest BCUT2D eigenvalue weighted by Crippen LogP contribution is 2.14. The Hall–Kier alpha value is -1.48. The standard InChI is InChI=1S/C39H73NO6S/c1-3-5-7-9-11-13-15-17-18-19-20-21-22-24-26-28-30-32-34-38(42)39(43)40-36(35-47(44,45)46)37(41)33-31-29-27-25-23-16-14-12-10-8-6-4-2/h11,13,15,17,31,33,36-38,41-42H,3-10,12,14,16,18-30,32,34-35H2,1-2H3,(H,40,43)(H,44,45,46)/b13-11-,17-15-,33-31+. The molecule has 1 amide bonds. The lowest BCUT2D eigenvalue weighted by atomic mass is 10.0. The van der Waals surface area contributed by atoms with Crippen molar-refractivity contribution in [3.8, 4) is 0 Å². The second-order valence-corrected chi connectivity index (χ2v) is 14.9. The van der Waals surface area contributed by atoms with E-state index >= 15 is 0 Å². The van der Waals surface area contributed by atoms with E-state index < -0.39 is 40.0 Å². The molecule has 7 nitrogen and oxygen atoms in total. The summed E-state index contributed by atoms with van der Waals surface area (Å²) in [4.78, 5) is 12.6. The van der Waals surface area contributed by atoms with Gasteiger partial charge in [-0.3, -0.25) is 9.35 Å². The largest absolute Gasteiger partial charge is 0.387 e. The van der Waals surface area contributed by atoms with Gasteiger partial charge in [-0.15, -0.1) is 0 Å². The fourth-order valence-corrected chi connectivity index (χ4v) is 6.42. The maximum Gasteiger partial charge on any atom is 0.267 e. The number of aliphatic hydroxyl groups excluding tert-OH is 2. The van der Waals surface area contributed by atoms with Crippen molar-refractivity contribution in [3.05, 3.63) is 36.5 Å². The van der Waals surface area contributed by atoms with E-state index in [0.29, 0.717) is 6.42 Å². The minimum Gasteiger partial charge on any atom is -0.387 e. The number of aliphatic hydroxyl groups is 2. The Morgan fingerprint density at radius 2 is 0.979 bits per heavy atom. The van der Waals surface area contributed by atoms with Crippen molar-refractivity contribution in [3.63, 3.8) is 0 Å². The Morgan fingerprint density at radius 1 is 0.596 bits per heavy atom. The molecule has 0 aromatic rings. The van der Waals surface area contributed by atoms with Gasteiger partial charge in [-0.05, 0) is 44.9 Å². The summed E-state index contributed by atoms with van der Waals surface area (Å²) in [5, 5.41) is 23.3. The van der Waals surface area contributed by atoms with Gasteiger partial charge < -0.3 is 15.5 Å². The minimum atomic E-state index is -4.44. The Labute approximate surface area is 289 Å². The van der Waals surface area contributed by atoms with Crippen LogP contribution in [0.1, 0.15) is 181 Å². The third kappa shape index (κ3) is 32.8. The van der Waals surface area contributed by atoms with Crippen molar-refractivity contribution >= 4 is 16.0 Å². The van der Waals surface area contributed by atoms with E-state index in [1.807, 2.05) is 0 Å². The number of rotatable bonds is 34. The molecular formula is C39H73NO6S. The number of carbonyl (C=O) groups is 1. The van der Waals surface area contributed by atoms with Crippen LogP contribution in [0.4, 0.5) is 0 Å². The molecule has 8 heteroatoms. The lowest BCUT2D eigenvalue weighted by molar-refractivity contribution is -0.130. The summed E-state index contributed by atoms with van der Waals surface area (Å²) in [6, 6.07) is -1.23. The normalized spacial score (nSPS) is 14.4. The van der Waals surface area contributed by atoms with Crippen LogP contribution in [0, 0.1) is 0 Å². The fraction of sp³-hybridized carbons (Fsp3) is 0.821. The van der Waals surface area contributed by atoms with Crippen molar-refractivity contribution in [2.24, 2.45) is 0 Å². The van der Waals surface area contributed by atoms with E-state index in [-0.39, 0.29) is 6.42 Å². The number of nitrogens with one attached hydrogen (secondary N) is 1. The van der Waals surface area contributed by atoms with Gasteiger partial charge in [-0.25, -0.2) is 0 Å². The maximum absolute atomic E-state index is 12.6. The molecule has 47 heavy (non-hydrogen) atoms. The van der Waals surface area contributed by atoms with E-state index in [1.165, 1.54) is 115 Å². The summed E-state index contributed by atoms with van der Waals surface area (Å²) in [6.07, 6.45) is 39.1. The van der Waals surface area contributed by atoms with Crippen molar-refractivity contribution < 1.29 is 28.0 Å². The molecule has 0 bridgehead atoms. The molecule has 0 aliphatic heterocycles. The third-order valence-electron chi connectivity index (χ3n) is 8.70. The van der Waals surface area contributed by atoms with E-state index in [4.69, 9.17) is 0 Å². The number of allylic oxidation sites excluding steroid dienone is 5. The molecule has 0 saturated heterocycles. The molecule has 0 saturated carbocycles. The summed E-state index contributed by atoms with van der Waals surface area (Å²) < 4.78 is 32.4. The van der Waals surface area contributed by atoms with E-state index in [0.717, 1.165) is 44.9 Å². The highest BCUT2D eigenvalue weighted by molar-refractivity contribution is 7.85. The highest BCUT2D eigenvalue weighted by atomic mass is 32.2. The number of hydrogen-bond acceptors (Lipinski definition) is 5. The minimum absolute atomic E-state index is 0.274. The lowest BCUT2D eigenvalue weighted by Crippen LogP contribution is -2.50. The van der Waals surface area contributed by atoms with Crippen molar-refractivity contribution in [2.75, 3.05) is 5.75 Å². The summed E-state index contributed by atoms with van der Waals surface area (Å²) in [5.41, 5.74) is 0. The first kappa shape index (κ1) is 45.5. The smallest absolute Gasteiger partial charge is 0.267 e. The zero-order chi connectivity index (χ0) is 34.9. The van der Waals surface area contributed by atoms with Crippen LogP contribution < -0.4 is 5.32 Å². The van der Waals surface area contributed by atoms with Crippen LogP contribution in [0.2, 0.25) is 0 Å². The van der Waals surface area contributed by atoms with Gasteiger partial charge in [-0.1, -0.05) is 172 Å². The lowest BCUT2D eigenvalue weighted by Gasteiger charge is -2.22. The van der Waals surface area contributed by atoms with Crippen molar-refractivity contribution in [1.82, 2.24) is 5.32 Å². The molecule has 0 aliphatic carbocycles. The fourth-order valence-electron chi connectivity index (χ4n) is 5.68. The molecule has 0 spiro atoms. The zero-order valence-electron chi connectivity index (χ0n) is 30.3. The second-order valence-electron chi connectivity index (χ2n) is 13.4. The molecule has 0 radical (unpaired) electrons. The van der Waals surface area contributed by atoms with E-state index in [9.17, 15) is 28.0 Å². The van der Waals surface area contributed by atoms with Gasteiger partial charge in [0.1, 0.15) is 6.10 Å². The summed E-state index contributed by atoms with van der Waals surface area (Å²) >= 11 is 0. The molecule has 0 aromatic heterocycles. The van der Waals surface area contributed by atoms with Gasteiger partial charge >= 0.3 is 0 Å². The molecule has 0 fully saturated rings. The van der Waals surface area contributed by atoms with Gasteiger partial charge in [-0.2, -0.15) is 8.42 Å². The topological polar surface area (TPSA) is 124 Å². The Morgan fingerprint density at radius 3 is 1.45 bits per heavy atom. The van der Waals surface area contributed by atoms with Gasteiger partial charge in [0.25, 0.3) is 10.1 Å². The molecule has 3 atom stereocenters. The van der Waals surface area contributed by atoms with Crippen LogP contribution in [-0.4, -0.2) is 53.1 Å². The predicted molar refractivity (Wildman–Crippen MR) is 199 cm³/mol. The first-order valence-corrected chi connectivity index (χ1v) is 20.9. The first-order chi connectivity index (χ1) is 22.7. The van der Waals surface area contributed by atoms with E-state index in [1.54, 1.807) is 6.08 Å². The molecular weight excluding hydrogens is 610 g/mol. The summed E-state index contributed by atoms with van der Waals surface area (Å²) in [6.45, 7) is 4.46. The van der Waals surface area contributed by atoms with Crippen molar-refractivity contribution in [2.45, 2.75) is 199 Å². The van der Waals surface area contributed by atoms with E-state index in [2.05, 4.69) is 43.5 Å². The number of carbonyl (C=O) groups excluding carboxylic acids is 1. The molecule has 0 aliphatic rings. The zero-order valence-corrected chi connectivity index (χ0v) is 31.1. The maximum atomic E-state index is 12.6. The summed E-state index contributed by atoms with van der Waals surface area (Å²) in [7, 11) is -4.44. The Kier molecular flexibility index (Phi) is 32.0. The van der Waals surface area contributed by atoms with Gasteiger partial charge in [0.15, 0.2) is 0 Å². The predicted octanol–water partition coefficient (Wildman–Crippen LogP) is 9.93. The van der Waals surface area contributed by atoms with Crippen LogP contribution in [-0.2, 0) is 14.9 Å². The SMILES string of the molecule is CCCCC/C=C\C=C/CCCCCCCCCCCC(O)C(=O)NC(CS(=O)(=O)O)C(O)/C=C/CCCCCCCCCCCC. The molecule has 0 heterocycles. The monoisotopic (exact) mass is 684 g/mol. The van der Waals surface area contributed by atoms with Crippen LogP contribution in [0.3, 0.4) is 0 Å². The number of hydrogen-bond donors (Lipinski definition) is 4. The van der Waals surface area contributed by atoms with Crippen LogP contribution >= 0.6 is 0 Å². The highest BCUT2D eigenvalue weighted by Gasteiger charge is 2.27. The van der Waals surface area contributed by atoms with Crippen LogP contribution in [0.25, 0.3) is 0 Å². The summed E-state index contributed by atoms with van der Waals surface area (Å²) in [5.74, 6) is -1.54. The van der Waals surface area contributed by atoms with Crippen LogP contribution in [0.5, 0.6) is 0 Å². The Bertz CT molecular complexity index is 901. The molecule has 3 unspecified atom stereocenters. The second kappa shape index (κ2) is 33.0. The van der Waals surface area contributed by atoms with Gasteiger partial charge in [0.05, 0.1) is 17.9 Å².